The van der Waals surface area contributed by atoms with Crippen molar-refractivity contribution in [1.82, 2.24) is 4.72 Å². The van der Waals surface area contributed by atoms with Crippen molar-refractivity contribution < 1.29 is 13.5 Å². The van der Waals surface area contributed by atoms with Crippen LogP contribution < -0.4 is 4.72 Å². The van der Waals surface area contributed by atoms with E-state index >= 15 is 0 Å². The highest BCUT2D eigenvalue weighted by Gasteiger charge is 2.13. The zero-order valence-electron chi connectivity index (χ0n) is 6.96. The van der Waals surface area contributed by atoms with Gasteiger partial charge in [-0.3, -0.25) is 0 Å². The molecule has 0 aromatic rings. The van der Waals surface area contributed by atoms with Crippen LogP contribution >= 0.6 is 11.6 Å². The molecule has 0 fully saturated rings. The number of hydrogen-bond donors (Lipinski definition) is 2. The van der Waals surface area contributed by atoms with Gasteiger partial charge in [-0.15, -0.1) is 11.6 Å². The Balaban J connectivity index is 3.88. The van der Waals surface area contributed by atoms with Gasteiger partial charge in [-0.25, -0.2) is 13.1 Å². The third-order valence-corrected chi connectivity index (χ3v) is 3.38. The molecule has 0 aromatic carbocycles. The van der Waals surface area contributed by atoms with Crippen LogP contribution in [-0.2, 0) is 10.0 Å². The van der Waals surface area contributed by atoms with Crippen LogP contribution in [0.2, 0.25) is 0 Å². The Morgan fingerprint density at radius 1 is 1.58 bits per heavy atom. The summed E-state index contributed by atoms with van der Waals surface area (Å²) >= 11 is 5.45. The molecule has 0 heterocycles. The van der Waals surface area contributed by atoms with Crippen molar-refractivity contribution in [3.8, 4) is 0 Å². The molecule has 0 radical (unpaired) electrons. The van der Waals surface area contributed by atoms with Gasteiger partial charge in [0.1, 0.15) is 0 Å². The number of sulfonamides is 1. The molecule has 0 aliphatic heterocycles. The van der Waals surface area contributed by atoms with E-state index in [1.54, 1.807) is 6.92 Å². The van der Waals surface area contributed by atoms with Crippen molar-refractivity contribution in [2.75, 3.05) is 24.8 Å². The van der Waals surface area contributed by atoms with Crippen LogP contribution in [0.4, 0.5) is 0 Å². The van der Waals surface area contributed by atoms with E-state index in [1.807, 2.05) is 0 Å². The van der Waals surface area contributed by atoms with E-state index in [0.29, 0.717) is 5.88 Å². The van der Waals surface area contributed by atoms with E-state index in [2.05, 4.69) is 4.72 Å². The third kappa shape index (κ3) is 5.77. The first-order valence-electron chi connectivity index (χ1n) is 3.66. The Labute approximate surface area is 78.0 Å². The monoisotopic (exact) mass is 215 g/mol. The average Bonchev–Trinajstić information content (AvgIpc) is 2.00. The number of hydrogen-bond acceptors (Lipinski definition) is 3. The second-order valence-corrected chi connectivity index (χ2v) is 4.82. The molecular weight excluding hydrogens is 202 g/mol. The van der Waals surface area contributed by atoms with Crippen LogP contribution in [0.25, 0.3) is 0 Å². The fraction of sp³-hybridized carbons (Fsp3) is 1.00. The van der Waals surface area contributed by atoms with Gasteiger partial charge in [-0.05, 0) is 5.92 Å². The summed E-state index contributed by atoms with van der Waals surface area (Å²) in [5.41, 5.74) is 0. The minimum absolute atomic E-state index is 0.0104. The zero-order chi connectivity index (χ0) is 9.61. The summed E-state index contributed by atoms with van der Waals surface area (Å²) in [7, 11) is -3.25. The first-order valence-corrected chi connectivity index (χ1v) is 5.84. The van der Waals surface area contributed by atoms with Crippen molar-refractivity contribution >= 4 is 21.6 Å². The van der Waals surface area contributed by atoms with E-state index < -0.39 is 10.0 Å². The number of aliphatic hydroxyl groups excluding tert-OH is 1. The molecule has 6 heteroatoms. The molecule has 0 amide bonds. The molecule has 12 heavy (non-hydrogen) atoms. The quantitative estimate of drug-likeness (QED) is 0.602. The van der Waals surface area contributed by atoms with E-state index in [4.69, 9.17) is 16.7 Å². The molecule has 4 nitrogen and oxygen atoms in total. The molecular formula is C6H14ClNO3S. The number of aliphatic hydroxyl groups is 1. The number of halogens is 1. The van der Waals surface area contributed by atoms with Crippen LogP contribution in [0.5, 0.6) is 0 Å². The summed E-state index contributed by atoms with van der Waals surface area (Å²) in [4.78, 5) is 0. The van der Waals surface area contributed by atoms with Crippen molar-refractivity contribution in [3.63, 3.8) is 0 Å². The summed E-state index contributed by atoms with van der Waals surface area (Å²) in [5.74, 6) is 0.263. The smallest absolute Gasteiger partial charge is 0.211 e. The lowest BCUT2D eigenvalue weighted by Crippen LogP contribution is -2.31. The summed E-state index contributed by atoms with van der Waals surface area (Å²) in [6, 6.07) is 0. The van der Waals surface area contributed by atoms with Gasteiger partial charge in [0, 0.05) is 12.4 Å². The van der Waals surface area contributed by atoms with Crippen LogP contribution in [-0.4, -0.2) is 38.3 Å². The predicted molar refractivity (Wildman–Crippen MR) is 48.8 cm³/mol. The van der Waals surface area contributed by atoms with Crippen LogP contribution in [0.15, 0.2) is 0 Å². The minimum Gasteiger partial charge on any atom is -0.395 e. The third-order valence-electron chi connectivity index (χ3n) is 1.20. The highest BCUT2D eigenvalue weighted by atomic mass is 35.5. The summed E-state index contributed by atoms with van der Waals surface area (Å²) in [5, 5.41) is 8.37. The Hall–Kier alpha value is 0.160. The van der Waals surface area contributed by atoms with Crippen LogP contribution in [0.3, 0.4) is 0 Å². The maximum absolute atomic E-state index is 11.1. The maximum Gasteiger partial charge on any atom is 0.211 e. The topological polar surface area (TPSA) is 66.4 Å². The minimum atomic E-state index is -3.25. The Morgan fingerprint density at radius 2 is 2.17 bits per heavy atom. The van der Waals surface area contributed by atoms with Crippen molar-refractivity contribution in [3.05, 3.63) is 0 Å². The standard InChI is InChI=1S/C6H14ClNO3S/c1-6(4-7)5-12(10,11)8-2-3-9/h6,8-9H,2-5H2,1H3. The second-order valence-electron chi connectivity index (χ2n) is 2.66. The van der Waals surface area contributed by atoms with Crippen molar-refractivity contribution in [2.24, 2.45) is 5.92 Å². The van der Waals surface area contributed by atoms with Crippen LogP contribution in [0.1, 0.15) is 6.92 Å². The van der Waals surface area contributed by atoms with Gasteiger partial charge in [0.2, 0.25) is 10.0 Å². The van der Waals surface area contributed by atoms with Crippen LogP contribution in [0, 0.1) is 5.92 Å². The lowest BCUT2D eigenvalue weighted by atomic mass is 10.3. The van der Waals surface area contributed by atoms with Gasteiger partial charge in [0.05, 0.1) is 12.4 Å². The molecule has 0 spiro atoms. The lowest BCUT2D eigenvalue weighted by molar-refractivity contribution is 0.301. The number of alkyl halides is 1. The highest BCUT2D eigenvalue weighted by molar-refractivity contribution is 7.89. The Bertz CT molecular complexity index is 205. The van der Waals surface area contributed by atoms with Gasteiger partial charge in [-0.2, -0.15) is 0 Å². The molecule has 74 valence electrons. The Morgan fingerprint density at radius 3 is 2.58 bits per heavy atom. The maximum atomic E-state index is 11.1. The van der Waals surface area contributed by atoms with E-state index in [1.165, 1.54) is 0 Å². The molecule has 0 rings (SSSR count). The largest absolute Gasteiger partial charge is 0.395 e. The van der Waals surface area contributed by atoms with E-state index in [-0.39, 0.29) is 24.8 Å². The molecule has 0 aliphatic rings. The fourth-order valence-corrected chi connectivity index (χ4v) is 2.30. The molecule has 0 bridgehead atoms. The van der Waals surface area contributed by atoms with Gasteiger partial charge < -0.3 is 5.11 Å². The molecule has 1 unspecified atom stereocenters. The Kier molecular flexibility index (Phi) is 5.82. The van der Waals surface area contributed by atoms with Gasteiger partial charge in [0.15, 0.2) is 0 Å². The van der Waals surface area contributed by atoms with Gasteiger partial charge in [0.25, 0.3) is 0 Å². The van der Waals surface area contributed by atoms with E-state index in [9.17, 15) is 8.42 Å². The molecule has 0 saturated carbocycles. The summed E-state index contributed by atoms with van der Waals surface area (Å²) in [6.45, 7) is 1.64. The van der Waals surface area contributed by atoms with Crippen molar-refractivity contribution in [1.29, 1.82) is 0 Å². The first-order chi connectivity index (χ1) is 5.52. The zero-order valence-corrected chi connectivity index (χ0v) is 8.53. The fourth-order valence-electron chi connectivity index (χ4n) is 0.679. The summed E-state index contributed by atoms with van der Waals surface area (Å²) < 4.78 is 24.4. The highest BCUT2D eigenvalue weighted by Crippen LogP contribution is 2.01. The van der Waals surface area contributed by atoms with Gasteiger partial charge >= 0.3 is 0 Å². The first kappa shape index (κ1) is 12.2. The lowest BCUT2D eigenvalue weighted by Gasteiger charge is -2.08. The van der Waals surface area contributed by atoms with Crippen molar-refractivity contribution in [2.45, 2.75) is 6.92 Å². The summed E-state index contributed by atoms with van der Waals surface area (Å²) in [6.07, 6.45) is 0. The number of nitrogens with one attached hydrogen (secondary N) is 1. The molecule has 0 aliphatic carbocycles. The number of rotatable bonds is 6. The average molecular weight is 216 g/mol. The predicted octanol–water partition coefficient (Wildman–Crippen LogP) is -0.227. The normalized spacial score (nSPS) is 14.6. The molecule has 0 aromatic heterocycles. The van der Waals surface area contributed by atoms with E-state index in [0.717, 1.165) is 0 Å². The molecule has 0 saturated heterocycles. The second kappa shape index (κ2) is 5.75. The van der Waals surface area contributed by atoms with Gasteiger partial charge in [-0.1, -0.05) is 6.92 Å². The SMILES string of the molecule is CC(CCl)CS(=O)(=O)NCCO. The molecule has 2 N–H and O–H groups in total. The molecule has 1 atom stereocenters.